The maximum absolute atomic E-state index is 14.0. The van der Waals surface area contributed by atoms with Crippen molar-refractivity contribution < 1.29 is 36.9 Å². The number of ether oxygens (including phenoxy) is 2. The van der Waals surface area contributed by atoms with Gasteiger partial charge in [-0.25, -0.2) is 4.39 Å². The van der Waals surface area contributed by atoms with Gasteiger partial charge in [-0.2, -0.15) is 13.2 Å². The van der Waals surface area contributed by atoms with Gasteiger partial charge >= 0.3 is 12.1 Å². The third kappa shape index (κ3) is 4.22. The Bertz CT molecular complexity index is 993. The molecule has 2 aromatic carbocycles. The molecule has 0 fully saturated rings. The van der Waals surface area contributed by atoms with E-state index >= 15 is 0 Å². The van der Waals surface area contributed by atoms with Gasteiger partial charge in [0.05, 0.1) is 11.0 Å². The zero-order valence-electron chi connectivity index (χ0n) is 17.0. The van der Waals surface area contributed by atoms with E-state index in [-0.39, 0.29) is 12.2 Å². The first-order valence-corrected chi connectivity index (χ1v) is 9.29. The number of fused-ring (bicyclic) bond motifs is 1. The summed E-state index contributed by atoms with van der Waals surface area (Å²) in [4.78, 5) is 11.4. The van der Waals surface area contributed by atoms with Crippen molar-refractivity contribution in [2.24, 2.45) is 0 Å². The minimum atomic E-state index is -4.76. The van der Waals surface area contributed by atoms with Crippen molar-refractivity contribution in [1.82, 2.24) is 0 Å². The second-order valence-electron chi connectivity index (χ2n) is 8.52. The molecule has 8 heteroatoms. The lowest BCUT2D eigenvalue weighted by Gasteiger charge is -2.23. The van der Waals surface area contributed by atoms with Crippen LogP contribution in [0.15, 0.2) is 30.3 Å². The molecular formula is C22H22F4O4. The average molecular weight is 426 g/mol. The summed E-state index contributed by atoms with van der Waals surface area (Å²) in [6, 6.07) is 5.67. The van der Waals surface area contributed by atoms with E-state index in [1.54, 1.807) is 0 Å². The first-order valence-electron chi connectivity index (χ1n) is 9.29. The molecule has 0 saturated heterocycles. The highest BCUT2D eigenvalue weighted by Crippen LogP contribution is 2.41. The number of rotatable bonds is 5. The summed E-state index contributed by atoms with van der Waals surface area (Å²) in [5.41, 5.74) is -2.23. The lowest BCUT2D eigenvalue weighted by molar-refractivity contribution is -0.143. The Balaban J connectivity index is 1.95. The third-order valence-corrected chi connectivity index (χ3v) is 5.13. The molecule has 0 radical (unpaired) electrons. The van der Waals surface area contributed by atoms with Crippen LogP contribution in [0.1, 0.15) is 49.9 Å². The van der Waals surface area contributed by atoms with Gasteiger partial charge in [0.2, 0.25) is 0 Å². The summed E-state index contributed by atoms with van der Waals surface area (Å²) in [5.74, 6) is -1.83. The van der Waals surface area contributed by atoms with Gasteiger partial charge < -0.3 is 14.6 Å². The van der Waals surface area contributed by atoms with Crippen LogP contribution in [-0.2, 0) is 29.4 Å². The monoisotopic (exact) mass is 426 g/mol. The second kappa shape index (κ2) is 7.18. The number of hydrogen-bond donors (Lipinski definition) is 1. The molecule has 0 aliphatic carbocycles. The summed E-state index contributed by atoms with van der Waals surface area (Å²) in [6.07, 6.45) is -4.29. The minimum absolute atomic E-state index is 0.00796. The summed E-state index contributed by atoms with van der Waals surface area (Å²) in [7, 11) is 0. The Hall–Kier alpha value is -2.77. The molecule has 0 aromatic heterocycles. The van der Waals surface area contributed by atoms with Crippen molar-refractivity contribution >= 4 is 5.97 Å². The molecule has 3 rings (SSSR count). The lowest BCUT2D eigenvalue weighted by Crippen LogP contribution is -2.29. The molecule has 0 unspecified atom stereocenters. The van der Waals surface area contributed by atoms with E-state index in [0.717, 1.165) is 12.1 Å². The fraction of sp³-hybridized carbons (Fsp3) is 0.409. The fourth-order valence-electron chi connectivity index (χ4n) is 3.40. The molecule has 0 spiro atoms. The van der Waals surface area contributed by atoms with E-state index in [4.69, 9.17) is 9.47 Å². The zero-order valence-corrected chi connectivity index (χ0v) is 17.0. The Labute approximate surface area is 171 Å². The third-order valence-electron chi connectivity index (χ3n) is 5.13. The fourth-order valence-corrected chi connectivity index (χ4v) is 3.40. The molecule has 0 atom stereocenters. The van der Waals surface area contributed by atoms with Gasteiger partial charge in [0.25, 0.3) is 0 Å². The van der Waals surface area contributed by atoms with Crippen LogP contribution in [0.3, 0.4) is 0 Å². The van der Waals surface area contributed by atoms with E-state index in [0.29, 0.717) is 23.3 Å². The van der Waals surface area contributed by atoms with Crippen LogP contribution in [-0.4, -0.2) is 16.7 Å². The van der Waals surface area contributed by atoms with Crippen molar-refractivity contribution in [1.29, 1.82) is 0 Å². The van der Waals surface area contributed by atoms with Crippen LogP contribution < -0.4 is 9.47 Å². The largest absolute Gasteiger partial charge is 0.488 e. The molecule has 1 N–H and O–H groups in total. The lowest BCUT2D eigenvalue weighted by atomic mass is 9.84. The van der Waals surface area contributed by atoms with Crippen LogP contribution in [0.2, 0.25) is 0 Å². The predicted molar refractivity (Wildman–Crippen MR) is 101 cm³/mol. The standard InChI is InChI=1S/C22H22F4O4/c1-20(2)10-12-7-15(23)8-13(18(12)30-20)11-29-17-6-5-14(21(3,4)19(27)28)9-16(17)22(24,25)26/h5-9H,10-11H2,1-4H3,(H,27,28). The van der Waals surface area contributed by atoms with Crippen molar-refractivity contribution in [3.05, 3.63) is 58.4 Å². The molecule has 1 heterocycles. The molecule has 30 heavy (non-hydrogen) atoms. The van der Waals surface area contributed by atoms with Gasteiger partial charge in [0, 0.05) is 17.5 Å². The van der Waals surface area contributed by atoms with Gasteiger partial charge in [-0.15, -0.1) is 0 Å². The average Bonchev–Trinajstić information content (AvgIpc) is 2.92. The second-order valence-corrected chi connectivity index (χ2v) is 8.52. The van der Waals surface area contributed by atoms with E-state index in [1.807, 2.05) is 13.8 Å². The minimum Gasteiger partial charge on any atom is -0.488 e. The van der Waals surface area contributed by atoms with Crippen LogP contribution in [0, 0.1) is 5.82 Å². The maximum Gasteiger partial charge on any atom is 0.419 e. The first-order chi connectivity index (χ1) is 13.7. The molecule has 162 valence electrons. The normalized spacial score (nSPS) is 15.5. The van der Waals surface area contributed by atoms with Crippen LogP contribution in [0.5, 0.6) is 11.5 Å². The van der Waals surface area contributed by atoms with Crippen molar-refractivity contribution in [3.63, 3.8) is 0 Å². The smallest absolute Gasteiger partial charge is 0.419 e. The number of halogens is 4. The van der Waals surface area contributed by atoms with Gasteiger partial charge in [0.15, 0.2) is 0 Å². The number of carboxylic acid groups (broad SMARTS) is 1. The SMILES string of the molecule is CC1(C)Cc2cc(F)cc(COc3ccc(C(C)(C)C(=O)O)cc3C(F)(F)F)c2O1. The van der Waals surface area contributed by atoms with Crippen molar-refractivity contribution in [3.8, 4) is 11.5 Å². The van der Waals surface area contributed by atoms with Gasteiger partial charge in [0.1, 0.15) is 29.5 Å². The van der Waals surface area contributed by atoms with Crippen molar-refractivity contribution in [2.45, 2.75) is 57.9 Å². The molecule has 1 aliphatic rings. The highest BCUT2D eigenvalue weighted by atomic mass is 19.4. The number of benzene rings is 2. The Kier molecular flexibility index (Phi) is 5.25. The van der Waals surface area contributed by atoms with Gasteiger partial charge in [-0.05, 0) is 57.5 Å². The molecule has 4 nitrogen and oxygen atoms in total. The van der Waals surface area contributed by atoms with Crippen LogP contribution >= 0.6 is 0 Å². The maximum atomic E-state index is 14.0. The summed E-state index contributed by atoms with van der Waals surface area (Å²) in [6.45, 7) is 5.97. The predicted octanol–water partition coefficient (Wildman–Crippen LogP) is 5.50. The van der Waals surface area contributed by atoms with Gasteiger partial charge in [-0.3, -0.25) is 4.79 Å². The topological polar surface area (TPSA) is 55.8 Å². The highest BCUT2D eigenvalue weighted by molar-refractivity contribution is 5.80. The van der Waals surface area contributed by atoms with Gasteiger partial charge in [-0.1, -0.05) is 6.07 Å². The number of hydrogen-bond acceptors (Lipinski definition) is 3. The number of carboxylic acids is 1. The molecule has 2 aromatic rings. The zero-order chi connectivity index (χ0) is 22.5. The molecule has 0 bridgehead atoms. The van der Waals surface area contributed by atoms with E-state index in [2.05, 4.69) is 0 Å². The van der Waals surface area contributed by atoms with E-state index in [1.165, 1.54) is 32.0 Å². The Morgan fingerprint density at radius 3 is 2.47 bits per heavy atom. The first kappa shape index (κ1) is 21.9. The molecule has 1 aliphatic heterocycles. The van der Waals surface area contributed by atoms with Crippen LogP contribution in [0.25, 0.3) is 0 Å². The highest BCUT2D eigenvalue weighted by Gasteiger charge is 2.38. The molecular weight excluding hydrogens is 404 g/mol. The summed E-state index contributed by atoms with van der Waals surface area (Å²) < 4.78 is 66.1. The molecule has 0 amide bonds. The quantitative estimate of drug-likeness (QED) is 0.642. The number of alkyl halides is 3. The summed E-state index contributed by atoms with van der Waals surface area (Å²) >= 11 is 0. The van der Waals surface area contributed by atoms with Crippen molar-refractivity contribution in [2.75, 3.05) is 0 Å². The summed E-state index contributed by atoms with van der Waals surface area (Å²) in [5, 5.41) is 9.31. The number of aliphatic carboxylic acids is 1. The molecule has 0 saturated carbocycles. The van der Waals surface area contributed by atoms with Crippen LogP contribution in [0.4, 0.5) is 17.6 Å². The van der Waals surface area contributed by atoms with E-state index in [9.17, 15) is 27.5 Å². The number of carbonyl (C=O) groups is 1. The Morgan fingerprint density at radius 2 is 1.87 bits per heavy atom. The van der Waals surface area contributed by atoms with E-state index < -0.39 is 40.3 Å². The Morgan fingerprint density at radius 1 is 1.20 bits per heavy atom.